The van der Waals surface area contributed by atoms with E-state index in [-0.39, 0.29) is 59.0 Å². The SMILES string of the molecule is CCC(=O)O[C@H]1CC[C@@]2(C)C(=CC(=O)[C@H]3[C@@H]4[C@H](O)C[C@H]([C@H](C)CC[C@H](CCO)C(C)C)[C@@]4(C)C[C@@H](O)[C@@H]32)C1. The maximum Gasteiger partial charge on any atom is 0.305 e. The molecule has 38 heavy (non-hydrogen) atoms. The first-order chi connectivity index (χ1) is 17.9. The number of fused-ring (bicyclic) bond motifs is 5. The van der Waals surface area contributed by atoms with E-state index in [1.54, 1.807) is 13.0 Å². The van der Waals surface area contributed by atoms with Crippen molar-refractivity contribution in [1.82, 2.24) is 0 Å². The molecule has 0 heterocycles. The van der Waals surface area contributed by atoms with Crippen LogP contribution in [0.15, 0.2) is 11.6 Å². The van der Waals surface area contributed by atoms with Crippen molar-refractivity contribution in [3.63, 3.8) is 0 Å². The highest BCUT2D eigenvalue weighted by Crippen LogP contribution is 2.66. The van der Waals surface area contributed by atoms with Crippen LogP contribution in [0.4, 0.5) is 0 Å². The molecule has 3 N–H and O–H groups in total. The Hall–Kier alpha value is -1.24. The molecule has 0 unspecified atom stereocenters. The van der Waals surface area contributed by atoms with Gasteiger partial charge in [0, 0.05) is 37.2 Å². The summed E-state index contributed by atoms with van der Waals surface area (Å²) in [5, 5.41) is 32.8. The van der Waals surface area contributed by atoms with Crippen molar-refractivity contribution in [3.8, 4) is 0 Å². The highest BCUT2D eigenvalue weighted by molar-refractivity contribution is 5.94. The van der Waals surface area contributed by atoms with Crippen molar-refractivity contribution < 1.29 is 29.6 Å². The molecule has 216 valence electrons. The van der Waals surface area contributed by atoms with E-state index in [4.69, 9.17) is 4.74 Å². The Morgan fingerprint density at radius 1 is 1.11 bits per heavy atom. The lowest BCUT2D eigenvalue weighted by Crippen LogP contribution is -2.60. The molecule has 0 bridgehead atoms. The van der Waals surface area contributed by atoms with E-state index in [1.807, 2.05) is 0 Å². The summed E-state index contributed by atoms with van der Waals surface area (Å²) in [5.74, 6) is 0.696. The number of aliphatic hydroxyl groups excluding tert-OH is 3. The van der Waals surface area contributed by atoms with Crippen LogP contribution in [-0.4, -0.2) is 52.0 Å². The number of carbonyl (C=O) groups excluding carboxylic acids is 2. The van der Waals surface area contributed by atoms with Crippen LogP contribution in [0.1, 0.15) is 99.3 Å². The lowest BCUT2D eigenvalue weighted by molar-refractivity contribution is -0.164. The molecule has 0 saturated heterocycles. The molecule has 4 rings (SSSR count). The van der Waals surface area contributed by atoms with E-state index in [9.17, 15) is 24.9 Å². The molecule has 0 aromatic carbocycles. The third-order valence-electron chi connectivity index (χ3n) is 11.6. The quantitative estimate of drug-likeness (QED) is 0.358. The van der Waals surface area contributed by atoms with Crippen LogP contribution in [0.5, 0.6) is 0 Å². The number of aliphatic hydroxyl groups is 3. The highest BCUT2D eigenvalue weighted by atomic mass is 16.5. The van der Waals surface area contributed by atoms with Crippen LogP contribution in [-0.2, 0) is 14.3 Å². The standard InChI is InChI=1S/C32H52O6/c1-7-27(37)38-22-10-12-31(5)21(14-22)15-24(34)28-29-25(35)16-23(32(29,6)17-26(36)30(28)31)19(4)8-9-20(11-13-33)18(2)3/h15,18-20,22-23,25-26,28-30,33,35-36H,7-14,16-17H2,1-6H3/t19-,20-,22+,23-,25-,26-,28+,29+,30+,31+,32-/m1/s1. The largest absolute Gasteiger partial charge is 0.462 e. The van der Waals surface area contributed by atoms with Gasteiger partial charge in [0.2, 0.25) is 0 Å². The van der Waals surface area contributed by atoms with Crippen molar-refractivity contribution in [3.05, 3.63) is 11.6 Å². The average molecular weight is 533 g/mol. The van der Waals surface area contributed by atoms with Gasteiger partial charge in [0.15, 0.2) is 5.78 Å². The molecule has 0 aromatic heterocycles. The molecule has 11 atom stereocenters. The van der Waals surface area contributed by atoms with Gasteiger partial charge in [-0.1, -0.05) is 53.5 Å². The van der Waals surface area contributed by atoms with E-state index in [0.717, 1.165) is 37.7 Å². The molecule has 3 fully saturated rings. The van der Waals surface area contributed by atoms with Crippen LogP contribution in [0, 0.1) is 52.3 Å². The number of esters is 1. The smallest absolute Gasteiger partial charge is 0.305 e. The average Bonchev–Trinajstić information content (AvgIpc) is 3.11. The topological polar surface area (TPSA) is 104 Å². The molecule has 4 aliphatic carbocycles. The second-order valence-electron chi connectivity index (χ2n) is 14.0. The minimum atomic E-state index is -0.605. The van der Waals surface area contributed by atoms with Gasteiger partial charge >= 0.3 is 5.97 Å². The Balaban J connectivity index is 1.57. The Labute approximate surface area is 229 Å². The predicted molar refractivity (Wildman–Crippen MR) is 147 cm³/mol. The van der Waals surface area contributed by atoms with Crippen LogP contribution < -0.4 is 0 Å². The normalized spacial score (nSPS) is 42.1. The zero-order chi connectivity index (χ0) is 28.0. The number of ether oxygens (including phenoxy) is 1. The summed E-state index contributed by atoms with van der Waals surface area (Å²) < 4.78 is 5.64. The number of hydrogen-bond acceptors (Lipinski definition) is 6. The highest BCUT2D eigenvalue weighted by Gasteiger charge is 2.66. The van der Waals surface area contributed by atoms with Crippen LogP contribution in [0.3, 0.4) is 0 Å². The monoisotopic (exact) mass is 532 g/mol. The molecule has 3 saturated carbocycles. The third-order valence-corrected chi connectivity index (χ3v) is 11.6. The molecular formula is C32H52O6. The van der Waals surface area contributed by atoms with Gasteiger partial charge in [-0.25, -0.2) is 0 Å². The van der Waals surface area contributed by atoms with Crippen molar-refractivity contribution in [2.45, 2.75) is 118 Å². The first kappa shape index (κ1) is 29.7. The zero-order valence-electron chi connectivity index (χ0n) is 24.5. The minimum absolute atomic E-state index is 0.0371. The summed E-state index contributed by atoms with van der Waals surface area (Å²) in [7, 11) is 0. The van der Waals surface area contributed by atoms with E-state index in [2.05, 4.69) is 34.6 Å². The molecule has 0 amide bonds. The number of rotatable bonds is 9. The molecule has 6 nitrogen and oxygen atoms in total. The maximum absolute atomic E-state index is 13.8. The first-order valence-corrected chi connectivity index (χ1v) is 15.3. The molecule has 0 spiro atoms. The first-order valence-electron chi connectivity index (χ1n) is 15.3. The summed E-state index contributed by atoms with van der Waals surface area (Å²) in [5.41, 5.74) is 0.384. The lowest BCUT2D eigenvalue weighted by atomic mass is 9.45. The second kappa shape index (κ2) is 11.3. The Morgan fingerprint density at radius 3 is 2.45 bits per heavy atom. The number of ketones is 1. The fourth-order valence-electron chi connectivity index (χ4n) is 9.50. The van der Waals surface area contributed by atoms with Gasteiger partial charge < -0.3 is 20.1 Å². The summed E-state index contributed by atoms with van der Waals surface area (Å²) >= 11 is 0. The predicted octanol–water partition coefficient (Wildman–Crippen LogP) is 5.08. The van der Waals surface area contributed by atoms with Gasteiger partial charge in [-0.2, -0.15) is 0 Å². The maximum atomic E-state index is 13.8. The summed E-state index contributed by atoms with van der Waals surface area (Å²) in [6, 6.07) is 0. The lowest BCUT2D eigenvalue weighted by Gasteiger charge is -2.59. The van der Waals surface area contributed by atoms with E-state index < -0.39 is 12.2 Å². The summed E-state index contributed by atoms with van der Waals surface area (Å²) in [6.07, 6.45) is 7.02. The molecule has 0 aromatic rings. The van der Waals surface area contributed by atoms with Crippen molar-refractivity contribution >= 4 is 11.8 Å². The van der Waals surface area contributed by atoms with Gasteiger partial charge in [0.1, 0.15) is 6.10 Å². The van der Waals surface area contributed by atoms with Crippen molar-refractivity contribution in [2.75, 3.05) is 6.61 Å². The Morgan fingerprint density at radius 2 is 1.82 bits per heavy atom. The third kappa shape index (κ3) is 5.14. The van der Waals surface area contributed by atoms with E-state index >= 15 is 0 Å². The van der Waals surface area contributed by atoms with Gasteiger partial charge in [-0.05, 0) is 79.1 Å². The fourth-order valence-corrected chi connectivity index (χ4v) is 9.50. The van der Waals surface area contributed by atoms with Crippen LogP contribution in [0.2, 0.25) is 0 Å². The molecular weight excluding hydrogens is 480 g/mol. The minimum Gasteiger partial charge on any atom is -0.462 e. The second-order valence-corrected chi connectivity index (χ2v) is 14.0. The summed E-state index contributed by atoms with van der Waals surface area (Å²) in [6.45, 7) is 13.1. The molecule has 0 radical (unpaired) electrons. The molecule has 0 aliphatic heterocycles. The van der Waals surface area contributed by atoms with Gasteiger partial charge in [0.25, 0.3) is 0 Å². The summed E-state index contributed by atoms with van der Waals surface area (Å²) in [4.78, 5) is 25.7. The van der Waals surface area contributed by atoms with Gasteiger partial charge in [-0.15, -0.1) is 0 Å². The number of allylic oxidation sites excluding steroid dienone is 1. The molecule has 6 heteroatoms. The van der Waals surface area contributed by atoms with Crippen molar-refractivity contribution in [2.24, 2.45) is 52.3 Å². The van der Waals surface area contributed by atoms with Crippen LogP contribution >= 0.6 is 0 Å². The van der Waals surface area contributed by atoms with E-state index in [0.29, 0.717) is 43.4 Å². The van der Waals surface area contributed by atoms with Gasteiger partial charge in [0.05, 0.1) is 12.2 Å². The van der Waals surface area contributed by atoms with Crippen LogP contribution in [0.25, 0.3) is 0 Å². The Kier molecular flexibility index (Phi) is 8.86. The van der Waals surface area contributed by atoms with E-state index in [1.165, 1.54) is 0 Å². The fraction of sp³-hybridized carbons (Fsp3) is 0.875. The van der Waals surface area contributed by atoms with Crippen molar-refractivity contribution in [1.29, 1.82) is 0 Å². The number of hydrogen-bond donors (Lipinski definition) is 3. The van der Waals surface area contributed by atoms with Gasteiger partial charge in [-0.3, -0.25) is 9.59 Å². The zero-order valence-corrected chi connectivity index (χ0v) is 24.5. The molecule has 4 aliphatic rings. The Bertz CT molecular complexity index is 912. The number of carbonyl (C=O) groups is 2.